The van der Waals surface area contributed by atoms with Gasteiger partial charge in [0.15, 0.2) is 0 Å². The summed E-state index contributed by atoms with van der Waals surface area (Å²) in [4.78, 5) is 13.8. The van der Waals surface area contributed by atoms with Crippen LogP contribution in [0.1, 0.15) is 34.6 Å². The maximum absolute atomic E-state index is 11.8. The van der Waals surface area contributed by atoms with Crippen molar-refractivity contribution < 1.29 is 4.79 Å². The first kappa shape index (κ1) is 11.7. The van der Waals surface area contributed by atoms with E-state index >= 15 is 0 Å². The van der Waals surface area contributed by atoms with E-state index in [0.29, 0.717) is 0 Å². The molecule has 0 aromatic rings. The van der Waals surface area contributed by atoms with Crippen LogP contribution in [0.15, 0.2) is 0 Å². The van der Waals surface area contributed by atoms with Gasteiger partial charge in [0.1, 0.15) is 0 Å². The van der Waals surface area contributed by atoms with Gasteiger partial charge in [-0.2, -0.15) is 0 Å². The van der Waals surface area contributed by atoms with E-state index in [-0.39, 0.29) is 23.4 Å². The van der Waals surface area contributed by atoms with E-state index in [0.717, 1.165) is 10.2 Å². The van der Waals surface area contributed by atoms with Gasteiger partial charge >= 0.3 is 0 Å². The van der Waals surface area contributed by atoms with Gasteiger partial charge in [-0.3, -0.25) is 4.79 Å². The summed E-state index contributed by atoms with van der Waals surface area (Å²) in [6.07, 6.45) is 0. The minimum Gasteiger partial charge on any atom is -0.333 e. The van der Waals surface area contributed by atoms with Crippen LogP contribution in [0.3, 0.4) is 0 Å². The van der Waals surface area contributed by atoms with Crippen molar-refractivity contribution in [3.8, 4) is 0 Å². The van der Waals surface area contributed by atoms with E-state index in [9.17, 15) is 4.79 Å². The molecule has 0 spiro atoms. The Balaban J connectivity index is 2.80. The highest BCUT2D eigenvalue weighted by Gasteiger charge is 2.54. The van der Waals surface area contributed by atoms with Crippen LogP contribution < -0.4 is 5.73 Å². The lowest BCUT2D eigenvalue weighted by molar-refractivity contribution is -0.159. The van der Waals surface area contributed by atoms with Crippen LogP contribution in [0.4, 0.5) is 0 Å². The Hall–Kier alpha value is -0.353. The highest BCUT2D eigenvalue weighted by atomic mass is 28.1. The molecule has 3 nitrogen and oxygen atoms in total. The Morgan fingerprint density at radius 3 is 2.29 bits per heavy atom. The second-order valence-corrected chi connectivity index (χ2v) is 7.37. The van der Waals surface area contributed by atoms with E-state index in [1.807, 2.05) is 4.90 Å². The molecule has 3 unspecified atom stereocenters. The molecule has 0 aromatic heterocycles. The molecule has 1 aliphatic heterocycles. The predicted molar refractivity (Wildman–Crippen MR) is 62.1 cm³/mol. The molecule has 1 heterocycles. The van der Waals surface area contributed by atoms with Gasteiger partial charge in [0.25, 0.3) is 0 Å². The van der Waals surface area contributed by atoms with Crippen molar-refractivity contribution >= 4 is 16.1 Å². The van der Waals surface area contributed by atoms with Crippen LogP contribution in [-0.2, 0) is 4.79 Å². The second-order valence-electron chi connectivity index (χ2n) is 5.71. The van der Waals surface area contributed by atoms with E-state index in [4.69, 9.17) is 5.73 Å². The quantitative estimate of drug-likeness (QED) is 0.480. The molecule has 0 saturated carbocycles. The highest BCUT2D eigenvalue weighted by Crippen LogP contribution is 2.34. The first-order valence-electron chi connectivity index (χ1n) is 5.21. The average Bonchev–Trinajstić information content (AvgIpc) is 2.03. The maximum Gasteiger partial charge on any atom is 0.240 e. The highest BCUT2D eigenvalue weighted by molar-refractivity contribution is 6.31. The summed E-state index contributed by atoms with van der Waals surface area (Å²) < 4.78 is 0. The molecule has 1 aliphatic rings. The van der Waals surface area contributed by atoms with Crippen molar-refractivity contribution in [1.29, 1.82) is 0 Å². The number of carbonyl (C=O) groups is 1. The van der Waals surface area contributed by atoms with Gasteiger partial charge in [0.05, 0.1) is 11.2 Å². The summed E-state index contributed by atoms with van der Waals surface area (Å²) >= 11 is 0. The fourth-order valence-electron chi connectivity index (χ4n) is 1.78. The van der Waals surface area contributed by atoms with Crippen molar-refractivity contribution in [2.45, 2.75) is 51.9 Å². The SMILES string of the molecule is CC(N1C(=O)C(N)([SiH3])C1C)C(C)(C)C. The molecule has 14 heavy (non-hydrogen) atoms. The number of nitrogens with zero attached hydrogens (tertiary/aromatic N) is 1. The van der Waals surface area contributed by atoms with Crippen LogP contribution in [0.2, 0.25) is 0 Å². The van der Waals surface area contributed by atoms with Crippen LogP contribution in [0, 0.1) is 5.41 Å². The molecule has 0 aromatic carbocycles. The minimum absolute atomic E-state index is 0.127. The summed E-state index contributed by atoms with van der Waals surface area (Å²) in [5, 5.41) is -0.514. The number of hydrogen-bond donors (Lipinski definition) is 1. The molecule has 1 fully saturated rings. The van der Waals surface area contributed by atoms with E-state index in [2.05, 4.69) is 34.6 Å². The van der Waals surface area contributed by atoms with Crippen LogP contribution in [0.25, 0.3) is 0 Å². The average molecular weight is 214 g/mol. The first-order valence-corrected chi connectivity index (χ1v) is 6.21. The lowest BCUT2D eigenvalue weighted by Crippen LogP contribution is -2.80. The van der Waals surface area contributed by atoms with Crippen molar-refractivity contribution in [3.05, 3.63) is 0 Å². The number of likely N-dealkylation sites (tertiary alicyclic amines) is 1. The van der Waals surface area contributed by atoms with Gasteiger partial charge in [0.2, 0.25) is 5.91 Å². The Labute approximate surface area is 89.5 Å². The standard InChI is InChI=1S/C10H22N2OSi/c1-6(9(3,4)5)12-7(2)10(11,14)8(12)13/h6-7H,11H2,1-5,14H3. The summed E-state index contributed by atoms with van der Waals surface area (Å²) in [6, 6.07) is 0.464. The molecule has 82 valence electrons. The fraction of sp³-hybridized carbons (Fsp3) is 0.900. The summed E-state index contributed by atoms with van der Waals surface area (Å²) in [6.45, 7) is 10.6. The molecule has 1 rings (SSSR count). The van der Waals surface area contributed by atoms with E-state index < -0.39 is 5.16 Å². The van der Waals surface area contributed by atoms with Gasteiger partial charge in [-0.05, 0) is 19.3 Å². The van der Waals surface area contributed by atoms with Crippen molar-refractivity contribution in [2.75, 3.05) is 0 Å². The van der Waals surface area contributed by atoms with Gasteiger partial charge in [-0.25, -0.2) is 0 Å². The van der Waals surface area contributed by atoms with E-state index in [1.54, 1.807) is 0 Å². The number of hydrogen-bond acceptors (Lipinski definition) is 2. The zero-order chi connectivity index (χ0) is 11.3. The van der Waals surface area contributed by atoms with Crippen LogP contribution in [0.5, 0.6) is 0 Å². The molecular weight excluding hydrogens is 192 g/mol. The van der Waals surface area contributed by atoms with Gasteiger partial charge in [0, 0.05) is 16.3 Å². The number of carbonyl (C=O) groups excluding carboxylic acids is 1. The number of rotatable bonds is 1. The third kappa shape index (κ3) is 1.50. The lowest BCUT2D eigenvalue weighted by Gasteiger charge is -2.56. The molecule has 0 bridgehead atoms. The Morgan fingerprint density at radius 1 is 1.57 bits per heavy atom. The summed E-state index contributed by atoms with van der Waals surface area (Å²) in [5.74, 6) is 0.138. The van der Waals surface area contributed by atoms with Crippen LogP contribution in [-0.4, -0.2) is 38.3 Å². The molecule has 0 radical (unpaired) electrons. The smallest absolute Gasteiger partial charge is 0.240 e. The van der Waals surface area contributed by atoms with Crippen LogP contribution >= 0.6 is 0 Å². The minimum atomic E-state index is -0.514. The van der Waals surface area contributed by atoms with E-state index in [1.165, 1.54) is 0 Å². The summed E-state index contributed by atoms with van der Waals surface area (Å²) in [7, 11) is 0.740. The zero-order valence-electron chi connectivity index (χ0n) is 10.1. The topological polar surface area (TPSA) is 46.3 Å². The largest absolute Gasteiger partial charge is 0.333 e. The molecule has 4 heteroatoms. The van der Waals surface area contributed by atoms with Gasteiger partial charge in [-0.1, -0.05) is 20.8 Å². The first-order chi connectivity index (χ1) is 6.10. The maximum atomic E-state index is 11.8. The monoisotopic (exact) mass is 214 g/mol. The molecule has 1 amide bonds. The third-order valence-electron chi connectivity index (χ3n) is 3.65. The molecule has 2 N–H and O–H groups in total. The number of amides is 1. The third-order valence-corrected chi connectivity index (χ3v) is 4.91. The Kier molecular flexibility index (Phi) is 2.57. The molecular formula is C10H22N2OSi. The van der Waals surface area contributed by atoms with Gasteiger partial charge < -0.3 is 10.6 Å². The van der Waals surface area contributed by atoms with Gasteiger partial charge in [-0.15, -0.1) is 0 Å². The normalized spacial score (nSPS) is 35.7. The lowest BCUT2D eigenvalue weighted by atomic mass is 9.82. The fourth-order valence-corrected chi connectivity index (χ4v) is 2.32. The molecule has 0 aliphatic carbocycles. The Morgan fingerprint density at radius 2 is 2.00 bits per heavy atom. The summed E-state index contributed by atoms with van der Waals surface area (Å²) in [5.41, 5.74) is 6.08. The number of nitrogens with two attached hydrogens (primary N) is 1. The predicted octanol–water partition coefficient (Wildman–Crippen LogP) is -0.328. The van der Waals surface area contributed by atoms with Crippen molar-refractivity contribution in [3.63, 3.8) is 0 Å². The Bertz CT molecular complexity index is 257. The molecule has 3 atom stereocenters. The zero-order valence-corrected chi connectivity index (χ0v) is 12.1. The van der Waals surface area contributed by atoms with Crippen molar-refractivity contribution in [2.24, 2.45) is 11.1 Å². The number of β-lactam (4-membered cyclic amide) rings is 1. The second kappa shape index (κ2) is 3.07. The molecule has 1 saturated heterocycles. The van der Waals surface area contributed by atoms with Crippen molar-refractivity contribution in [1.82, 2.24) is 4.90 Å².